The maximum atomic E-state index is 11.9. The predicted octanol–water partition coefficient (Wildman–Crippen LogP) is 8.40. The van der Waals surface area contributed by atoms with Gasteiger partial charge in [0.05, 0.1) is 32.0 Å². The smallest absolute Gasteiger partial charge is 0.335 e. The molecule has 0 radical (unpaired) electrons. The molecule has 0 aliphatic heterocycles. The van der Waals surface area contributed by atoms with E-state index in [1.165, 1.54) is 107 Å². The third kappa shape index (κ3) is 13.9. The predicted molar refractivity (Wildman–Crippen MR) is 195 cm³/mol. The van der Waals surface area contributed by atoms with Crippen LogP contribution in [0.25, 0.3) is 0 Å². The molecule has 0 saturated heterocycles. The van der Waals surface area contributed by atoms with Gasteiger partial charge in [0, 0.05) is 18.6 Å². The Balaban J connectivity index is 0.000000952. The Morgan fingerprint density at radius 2 is 1.54 bits per heavy atom. The number of hydrogen-bond donors (Lipinski definition) is 2. The van der Waals surface area contributed by atoms with Gasteiger partial charge in [-0.2, -0.15) is 0 Å². The van der Waals surface area contributed by atoms with Gasteiger partial charge in [-0.3, -0.25) is 4.79 Å². The molecule has 0 bridgehead atoms. The van der Waals surface area contributed by atoms with Crippen LogP contribution in [0.5, 0.6) is 0 Å². The van der Waals surface area contributed by atoms with Crippen molar-refractivity contribution < 1.29 is 29.3 Å². The molecule has 0 spiro atoms. The Bertz CT molecular complexity index is 1110. The molecule has 2 atom stereocenters. The van der Waals surface area contributed by atoms with E-state index >= 15 is 0 Å². The van der Waals surface area contributed by atoms with Gasteiger partial charge in [0.1, 0.15) is 6.29 Å². The highest BCUT2D eigenvalue weighted by Crippen LogP contribution is 2.43. The SMILES string of the molecule is C=C(C=O)CO.C=C(CO)C(=O)OCC(COC)CC1CCc2cc(CCC3CCC(C4CCC(CCCCC)CC4)CC3)ccc2C1. The first-order valence-electron chi connectivity index (χ1n) is 19.1. The standard InChI is InChI=1S/C38H60O4.C4H6O2/c1-4-5-6-7-29-10-16-34(17-11-29)35-18-12-30(13-19-35)8-9-31-14-20-37-24-32(15-21-36(37)23-31)22-33(26-41-3)27-42-38(40)28(2)25-39;1-4(2-5)3-6/h14,20,23,29-30,32-35,39H,2,4-13,15-19,21-22,24-27H2,1,3H3;2,6H,1,3H2. The fraction of sp³-hybridized carbons (Fsp3) is 0.714. The molecule has 0 heterocycles. The summed E-state index contributed by atoms with van der Waals surface area (Å²) in [6.45, 7) is 9.35. The number of benzene rings is 1. The summed E-state index contributed by atoms with van der Waals surface area (Å²) in [6, 6.07) is 7.29. The lowest BCUT2D eigenvalue weighted by molar-refractivity contribution is -0.141. The number of aliphatic hydroxyl groups excluding tert-OH is 2. The van der Waals surface area contributed by atoms with Crippen LogP contribution in [0.15, 0.2) is 42.5 Å². The van der Waals surface area contributed by atoms with Gasteiger partial charge in [0.2, 0.25) is 0 Å². The van der Waals surface area contributed by atoms with Crippen molar-refractivity contribution in [1.82, 2.24) is 0 Å². The molecule has 3 aliphatic carbocycles. The highest BCUT2D eigenvalue weighted by Gasteiger charge is 2.31. The molecule has 1 aromatic carbocycles. The van der Waals surface area contributed by atoms with Crippen molar-refractivity contribution in [3.05, 3.63) is 59.2 Å². The van der Waals surface area contributed by atoms with E-state index in [2.05, 4.69) is 38.3 Å². The van der Waals surface area contributed by atoms with Gasteiger partial charge in [-0.15, -0.1) is 0 Å². The van der Waals surface area contributed by atoms with Crippen molar-refractivity contribution in [1.29, 1.82) is 0 Å². The van der Waals surface area contributed by atoms with Crippen LogP contribution in [0.1, 0.15) is 120 Å². The van der Waals surface area contributed by atoms with Crippen LogP contribution in [0.2, 0.25) is 0 Å². The molecule has 3 aliphatic rings. The van der Waals surface area contributed by atoms with Crippen LogP contribution >= 0.6 is 0 Å². The van der Waals surface area contributed by atoms with Crippen LogP contribution in [0.4, 0.5) is 0 Å². The number of ether oxygens (including phenoxy) is 2. The molecule has 48 heavy (non-hydrogen) atoms. The Morgan fingerprint density at radius 1 is 0.875 bits per heavy atom. The number of rotatable bonds is 18. The fourth-order valence-corrected chi connectivity index (χ4v) is 8.48. The van der Waals surface area contributed by atoms with Crippen molar-refractivity contribution in [2.75, 3.05) is 33.5 Å². The third-order valence-corrected chi connectivity index (χ3v) is 11.5. The normalized spacial score (nSPS) is 24.4. The lowest BCUT2D eigenvalue weighted by Gasteiger charge is -2.38. The van der Waals surface area contributed by atoms with Crippen molar-refractivity contribution in [2.24, 2.45) is 35.5 Å². The largest absolute Gasteiger partial charge is 0.462 e. The maximum absolute atomic E-state index is 11.9. The number of carbonyl (C=O) groups excluding carboxylic acids is 2. The zero-order chi connectivity index (χ0) is 34.7. The first-order chi connectivity index (χ1) is 23.3. The number of fused-ring (bicyclic) bond motifs is 1. The number of aliphatic hydroxyl groups is 2. The molecule has 1 aromatic rings. The van der Waals surface area contributed by atoms with Crippen molar-refractivity contribution in [2.45, 2.75) is 122 Å². The summed E-state index contributed by atoms with van der Waals surface area (Å²) < 4.78 is 10.8. The van der Waals surface area contributed by atoms with Crippen LogP contribution in [-0.2, 0) is 38.3 Å². The highest BCUT2D eigenvalue weighted by molar-refractivity contribution is 5.87. The lowest BCUT2D eigenvalue weighted by atomic mass is 9.68. The molecule has 2 saturated carbocycles. The van der Waals surface area contributed by atoms with E-state index in [0.717, 1.165) is 42.9 Å². The van der Waals surface area contributed by atoms with Crippen LogP contribution in [-0.4, -0.2) is 56.0 Å². The minimum atomic E-state index is -0.511. The second-order valence-corrected chi connectivity index (χ2v) is 15.2. The second-order valence-electron chi connectivity index (χ2n) is 15.2. The Morgan fingerprint density at radius 3 is 2.10 bits per heavy atom. The molecule has 0 amide bonds. The highest BCUT2D eigenvalue weighted by atomic mass is 16.5. The van der Waals surface area contributed by atoms with Crippen LogP contribution in [0.3, 0.4) is 0 Å². The minimum absolute atomic E-state index is 0.103. The van der Waals surface area contributed by atoms with E-state index in [4.69, 9.17) is 19.7 Å². The van der Waals surface area contributed by atoms with Gasteiger partial charge in [-0.05, 0) is 110 Å². The van der Waals surface area contributed by atoms with E-state index in [9.17, 15) is 9.59 Å². The maximum Gasteiger partial charge on any atom is 0.335 e. The number of esters is 1. The molecular weight excluding hydrogens is 600 g/mol. The Kier molecular flexibility index (Phi) is 18.8. The van der Waals surface area contributed by atoms with E-state index in [-0.39, 0.29) is 30.3 Å². The van der Waals surface area contributed by atoms with Gasteiger partial charge in [0.15, 0.2) is 0 Å². The monoisotopic (exact) mass is 666 g/mol. The number of hydrogen-bond acceptors (Lipinski definition) is 6. The zero-order valence-electron chi connectivity index (χ0n) is 30.3. The quantitative estimate of drug-likeness (QED) is 0.0708. The first kappa shape index (κ1) is 40.2. The molecule has 4 rings (SSSR count). The molecule has 6 nitrogen and oxygen atoms in total. The fourth-order valence-electron chi connectivity index (χ4n) is 8.48. The van der Waals surface area contributed by atoms with Gasteiger partial charge in [-0.1, -0.05) is 89.6 Å². The number of aldehydes is 1. The van der Waals surface area contributed by atoms with E-state index in [1.807, 2.05) is 0 Å². The van der Waals surface area contributed by atoms with Gasteiger partial charge in [0.25, 0.3) is 0 Å². The summed E-state index contributed by atoms with van der Waals surface area (Å²) in [7, 11) is 1.70. The number of unbranched alkanes of at least 4 members (excludes halogenated alkanes) is 2. The van der Waals surface area contributed by atoms with Crippen molar-refractivity contribution >= 4 is 12.3 Å². The van der Waals surface area contributed by atoms with E-state index in [1.54, 1.807) is 12.7 Å². The van der Waals surface area contributed by atoms with E-state index < -0.39 is 5.97 Å². The van der Waals surface area contributed by atoms with Crippen molar-refractivity contribution in [3.63, 3.8) is 0 Å². The first-order valence-corrected chi connectivity index (χ1v) is 19.1. The number of carbonyl (C=O) groups is 2. The van der Waals surface area contributed by atoms with Gasteiger partial charge >= 0.3 is 5.97 Å². The molecule has 270 valence electrons. The topological polar surface area (TPSA) is 93.1 Å². The minimum Gasteiger partial charge on any atom is -0.462 e. The molecule has 0 aromatic heterocycles. The third-order valence-electron chi connectivity index (χ3n) is 11.5. The summed E-state index contributed by atoms with van der Waals surface area (Å²) >= 11 is 0. The number of methoxy groups -OCH3 is 1. The zero-order valence-corrected chi connectivity index (χ0v) is 30.3. The van der Waals surface area contributed by atoms with Crippen molar-refractivity contribution in [3.8, 4) is 0 Å². The average Bonchev–Trinajstić information content (AvgIpc) is 3.13. The second kappa shape index (κ2) is 22.4. The van der Waals surface area contributed by atoms with E-state index in [0.29, 0.717) is 25.4 Å². The average molecular weight is 667 g/mol. The summed E-state index contributed by atoms with van der Waals surface area (Å²) in [5, 5.41) is 17.1. The molecule has 2 unspecified atom stereocenters. The van der Waals surface area contributed by atoms with Gasteiger partial charge in [-0.25, -0.2) is 4.79 Å². The molecule has 6 heteroatoms. The van der Waals surface area contributed by atoms with Gasteiger partial charge < -0.3 is 19.7 Å². The Hall–Kier alpha value is -2.28. The summed E-state index contributed by atoms with van der Waals surface area (Å²) in [5.74, 6) is 4.24. The summed E-state index contributed by atoms with van der Waals surface area (Å²) in [6.07, 6.45) is 25.2. The molecular formula is C42H66O6. The van der Waals surface area contributed by atoms with Crippen LogP contribution < -0.4 is 0 Å². The Labute approximate surface area is 291 Å². The lowest BCUT2D eigenvalue weighted by Crippen LogP contribution is -2.26. The summed E-state index contributed by atoms with van der Waals surface area (Å²) in [4.78, 5) is 21.4. The molecule has 2 fully saturated rings. The molecule has 2 N–H and O–H groups in total. The number of aryl methyl sites for hydroxylation is 2. The summed E-state index contributed by atoms with van der Waals surface area (Å²) in [5.41, 5.74) is 4.90. The van der Waals surface area contributed by atoms with Crippen LogP contribution in [0, 0.1) is 35.5 Å².